The van der Waals surface area contributed by atoms with Crippen LogP contribution in [0.3, 0.4) is 0 Å². The molecule has 2 rings (SSSR count). The van der Waals surface area contributed by atoms with Gasteiger partial charge in [-0.25, -0.2) is 8.42 Å². The Morgan fingerprint density at radius 2 is 2.09 bits per heavy atom. The van der Waals surface area contributed by atoms with Gasteiger partial charge in [0.15, 0.2) is 0 Å². The molecule has 1 unspecified atom stereocenters. The maximum atomic E-state index is 12.3. The van der Waals surface area contributed by atoms with Crippen LogP contribution in [-0.4, -0.2) is 39.3 Å². The normalized spacial score (nSPS) is 18.1. The molecule has 7 heteroatoms. The van der Waals surface area contributed by atoms with Crippen LogP contribution >= 0.6 is 0 Å². The number of sulfonamides is 1. The van der Waals surface area contributed by atoms with E-state index in [9.17, 15) is 13.2 Å². The topological polar surface area (TPSA) is 84.5 Å². The first-order valence-corrected chi connectivity index (χ1v) is 9.52. The van der Waals surface area contributed by atoms with Crippen molar-refractivity contribution in [2.45, 2.75) is 32.8 Å². The molecule has 1 aromatic rings. The molecule has 6 nitrogen and oxygen atoms in total. The Hall–Kier alpha value is -1.60. The minimum absolute atomic E-state index is 0.0883. The third kappa shape index (κ3) is 5.51. The van der Waals surface area contributed by atoms with Crippen LogP contribution in [0.25, 0.3) is 0 Å². The largest absolute Gasteiger partial charge is 0.377 e. The molecular weight excluding hydrogens is 316 g/mol. The summed E-state index contributed by atoms with van der Waals surface area (Å²) in [7, 11) is -3.56. The smallest absolute Gasteiger partial charge is 0.253 e. The summed E-state index contributed by atoms with van der Waals surface area (Å²) in [6, 6.07) is 6.61. The van der Waals surface area contributed by atoms with E-state index in [2.05, 4.69) is 10.0 Å². The Morgan fingerprint density at radius 3 is 2.74 bits per heavy atom. The lowest BCUT2D eigenvalue weighted by molar-refractivity contribution is 0.0950. The number of amides is 1. The van der Waals surface area contributed by atoms with Gasteiger partial charge in [-0.05, 0) is 30.9 Å². The van der Waals surface area contributed by atoms with E-state index in [1.165, 1.54) is 0 Å². The number of hydrogen-bond acceptors (Lipinski definition) is 4. The average molecular weight is 340 g/mol. The van der Waals surface area contributed by atoms with Crippen LogP contribution in [-0.2, 0) is 14.8 Å². The highest BCUT2D eigenvalue weighted by atomic mass is 32.2. The van der Waals surface area contributed by atoms with Gasteiger partial charge >= 0.3 is 0 Å². The van der Waals surface area contributed by atoms with Crippen LogP contribution in [0.2, 0.25) is 0 Å². The lowest BCUT2D eigenvalue weighted by atomic mass is 10.1. The zero-order valence-corrected chi connectivity index (χ0v) is 14.4. The van der Waals surface area contributed by atoms with Gasteiger partial charge in [-0.15, -0.1) is 0 Å². The van der Waals surface area contributed by atoms with Gasteiger partial charge in [0.05, 0.1) is 23.1 Å². The molecule has 1 saturated heterocycles. The summed E-state index contributed by atoms with van der Waals surface area (Å²) < 4.78 is 32.4. The van der Waals surface area contributed by atoms with E-state index in [4.69, 9.17) is 4.74 Å². The molecule has 1 atom stereocenters. The lowest BCUT2D eigenvalue weighted by Gasteiger charge is -2.15. The van der Waals surface area contributed by atoms with E-state index in [0.29, 0.717) is 30.3 Å². The molecule has 1 heterocycles. The third-order valence-electron chi connectivity index (χ3n) is 3.54. The number of carbonyl (C=O) groups excluding carboxylic acids is 1. The summed E-state index contributed by atoms with van der Waals surface area (Å²) in [5, 5.41) is 2.80. The Balaban J connectivity index is 2.08. The number of anilines is 1. The molecule has 1 aliphatic rings. The van der Waals surface area contributed by atoms with Gasteiger partial charge in [0.25, 0.3) is 5.91 Å². The molecule has 1 aromatic carbocycles. The van der Waals surface area contributed by atoms with Crippen LogP contribution in [0.4, 0.5) is 5.69 Å². The first-order chi connectivity index (χ1) is 10.9. The predicted octanol–water partition coefficient (Wildman–Crippen LogP) is 1.99. The summed E-state index contributed by atoms with van der Waals surface area (Å²) in [5.41, 5.74) is 0.621. The molecule has 23 heavy (non-hydrogen) atoms. The molecule has 0 radical (unpaired) electrons. The SMILES string of the molecule is CC(C)CNC(=O)c1ccccc1NS(=O)(=O)CC1CCCO1. The zero-order valence-electron chi connectivity index (χ0n) is 13.5. The molecule has 0 spiro atoms. The van der Waals surface area contributed by atoms with Crippen LogP contribution in [0.15, 0.2) is 24.3 Å². The maximum absolute atomic E-state index is 12.3. The van der Waals surface area contributed by atoms with Crippen molar-refractivity contribution in [3.8, 4) is 0 Å². The van der Waals surface area contributed by atoms with Gasteiger partial charge in [0.2, 0.25) is 10.0 Å². The summed E-state index contributed by atoms with van der Waals surface area (Å²) >= 11 is 0. The van der Waals surface area contributed by atoms with E-state index < -0.39 is 10.0 Å². The van der Waals surface area contributed by atoms with E-state index in [0.717, 1.165) is 12.8 Å². The van der Waals surface area contributed by atoms with Crippen molar-refractivity contribution >= 4 is 21.6 Å². The number of carbonyl (C=O) groups is 1. The van der Waals surface area contributed by atoms with E-state index >= 15 is 0 Å². The molecule has 1 amide bonds. The summed E-state index contributed by atoms with van der Waals surface area (Å²) in [5.74, 6) is -0.0500. The fourth-order valence-corrected chi connectivity index (χ4v) is 3.74. The quantitative estimate of drug-likeness (QED) is 0.795. The van der Waals surface area contributed by atoms with E-state index in [1.807, 2.05) is 13.8 Å². The fourth-order valence-electron chi connectivity index (χ4n) is 2.39. The summed E-state index contributed by atoms with van der Waals surface area (Å²) in [4.78, 5) is 12.2. The number of nitrogens with one attached hydrogen (secondary N) is 2. The Morgan fingerprint density at radius 1 is 1.35 bits per heavy atom. The van der Waals surface area contributed by atoms with Crippen LogP contribution < -0.4 is 10.0 Å². The van der Waals surface area contributed by atoms with Crippen molar-refractivity contribution in [1.82, 2.24) is 5.32 Å². The second-order valence-electron chi connectivity index (χ2n) is 6.17. The highest BCUT2D eigenvalue weighted by Crippen LogP contribution is 2.19. The minimum Gasteiger partial charge on any atom is -0.377 e. The van der Waals surface area contributed by atoms with Crippen molar-refractivity contribution in [2.24, 2.45) is 5.92 Å². The number of hydrogen-bond donors (Lipinski definition) is 2. The Kier molecular flexibility index (Phi) is 6.01. The molecule has 1 fully saturated rings. The minimum atomic E-state index is -3.56. The second kappa shape index (κ2) is 7.79. The number of ether oxygens (including phenoxy) is 1. The van der Waals surface area contributed by atoms with Gasteiger partial charge in [0.1, 0.15) is 0 Å². The van der Waals surface area contributed by atoms with Crippen molar-refractivity contribution in [2.75, 3.05) is 23.6 Å². The van der Waals surface area contributed by atoms with Crippen molar-refractivity contribution < 1.29 is 17.9 Å². The van der Waals surface area contributed by atoms with Crippen molar-refractivity contribution in [3.63, 3.8) is 0 Å². The zero-order chi connectivity index (χ0) is 16.9. The van der Waals surface area contributed by atoms with Gasteiger partial charge in [-0.2, -0.15) is 0 Å². The van der Waals surface area contributed by atoms with Gasteiger partial charge in [0, 0.05) is 13.2 Å². The number of benzene rings is 1. The fraction of sp³-hybridized carbons (Fsp3) is 0.562. The second-order valence-corrected chi connectivity index (χ2v) is 7.93. The highest BCUT2D eigenvalue weighted by molar-refractivity contribution is 7.92. The maximum Gasteiger partial charge on any atom is 0.253 e. The van der Waals surface area contributed by atoms with Crippen molar-refractivity contribution in [1.29, 1.82) is 0 Å². The monoisotopic (exact) mass is 340 g/mol. The van der Waals surface area contributed by atoms with Crippen LogP contribution in [0, 0.1) is 5.92 Å². The molecular formula is C16H24N2O4S. The molecule has 0 aromatic heterocycles. The Labute approximate surface area is 137 Å². The third-order valence-corrected chi connectivity index (χ3v) is 4.88. The van der Waals surface area contributed by atoms with Gasteiger partial charge in [-0.3, -0.25) is 9.52 Å². The number of rotatable bonds is 7. The number of para-hydroxylation sites is 1. The van der Waals surface area contributed by atoms with Crippen LogP contribution in [0.5, 0.6) is 0 Å². The summed E-state index contributed by atoms with van der Waals surface area (Å²) in [6.07, 6.45) is 1.36. The molecule has 0 aliphatic carbocycles. The van der Waals surface area contributed by atoms with E-state index in [1.54, 1.807) is 24.3 Å². The first kappa shape index (κ1) is 17.7. The Bertz CT molecular complexity index is 637. The predicted molar refractivity (Wildman–Crippen MR) is 90.0 cm³/mol. The lowest BCUT2D eigenvalue weighted by Crippen LogP contribution is -2.30. The van der Waals surface area contributed by atoms with Gasteiger partial charge < -0.3 is 10.1 Å². The van der Waals surface area contributed by atoms with Gasteiger partial charge in [-0.1, -0.05) is 26.0 Å². The highest BCUT2D eigenvalue weighted by Gasteiger charge is 2.24. The molecule has 0 saturated carbocycles. The molecule has 2 N–H and O–H groups in total. The molecule has 0 bridgehead atoms. The van der Waals surface area contributed by atoms with Crippen LogP contribution in [0.1, 0.15) is 37.0 Å². The molecule has 1 aliphatic heterocycles. The summed E-state index contributed by atoms with van der Waals surface area (Å²) in [6.45, 7) is 5.14. The molecule has 128 valence electrons. The average Bonchev–Trinajstić information content (AvgIpc) is 2.96. The van der Waals surface area contributed by atoms with E-state index in [-0.39, 0.29) is 17.8 Å². The first-order valence-electron chi connectivity index (χ1n) is 7.86. The standard InChI is InChI=1S/C16H24N2O4S/c1-12(2)10-17-16(19)14-7-3-4-8-15(14)18-23(20,21)11-13-6-5-9-22-13/h3-4,7-8,12-13,18H,5-6,9-11H2,1-2H3,(H,17,19). The van der Waals surface area contributed by atoms with Crippen molar-refractivity contribution in [3.05, 3.63) is 29.8 Å².